The number of aromatic amines is 1. The minimum atomic E-state index is -0.0895. The summed E-state index contributed by atoms with van der Waals surface area (Å²) in [6.07, 6.45) is 9.39. The maximum absolute atomic E-state index is 12.8. The quantitative estimate of drug-likeness (QED) is 0.697. The summed E-state index contributed by atoms with van der Waals surface area (Å²) < 4.78 is 5.54. The van der Waals surface area contributed by atoms with Crippen LogP contribution < -0.4 is 0 Å². The lowest BCUT2D eigenvalue weighted by atomic mass is 9.75. The number of nitriles is 1. The van der Waals surface area contributed by atoms with Crippen molar-refractivity contribution in [1.29, 1.82) is 5.26 Å². The fraction of sp³-hybridized carbons (Fsp3) is 0.480. The van der Waals surface area contributed by atoms with Gasteiger partial charge in [0, 0.05) is 19.6 Å². The smallest absolute Gasteiger partial charge is 0.202 e. The molecule has 1 N–H and O–H groups in total. The second-order valence-electron chi connectivity index (χ2n) is 9.26. The Morgan fingerprint density at radius 3 is 2.80 bits per heavy atom. The van der Waals surface area contributed by atoms with Crippen LogP contribution >= 0.6 is 0 Å². The predicted molar refractivity (Wildman–Crippen MR) is 116 cm³/mol. The third-order valence-electron chi connectivity index (χ3n) is 6.46. The van der Waals surface area contributed by atoms with Gasteiger partial charge in [0.15, 0.2) is 5.82 Å². The van der Waals surface area contributed by atoms with E-state index in [2.05, 4.69) is 48.1 Å². The Kier molecular flexibility index (Phi) is 5.87. The Morgan fingerprint density at radius 1 is 1.33 bits per heavy atom. The SMILES string of the molecule is CC1(C)CC=C(c2cc(C3CCOCC3)ccc2CC(=O)c2ncc(C#N)[nH]2)CC1. The first-order chi connectivity index (χ1) is 14.4. The molecular weight excluding hydrogens is 374 g/mol. The van der Waals surface area contributed by atoms with E-state index >= 15 is 0 Å². The van der Waals surface area contributed by atoms with Crippen molar-refractivity contribution in [2.45, 2.75) is 58.3 Å². The van der Waals surface area contributed by atoms with Crippen molar-refractivity contribution in [3.8, 4) is 6.07 Å². The van der Waals surface area contributed by atoms with Crippen molar-refractivity contribution in [2.24, 2.45) is 5.41 Å². The van der Waals surface area contributed by atoms with Gasteiger partial charge in [-0.05, 0) is 65.7 Å². The molecule has 0 atom stereocenters. The lowest BCUT2D eigenvalue weighted by Crippen LogP contribution is -2.16. The Labute approximate surface area is 178 Å². The monoisotopic (exact) mass is 403 g/mol. The second-order valence-corrected chi connectivity index (χ2v) is 9.26. The zero-order valence-corrected chi connectivity index (χ0v) is 17.8. The van der Waals surface area contributed by atoms with Gasteiger partial charge < -0.3 is 9.72 Å². The molecule has 5 nitrogen and oxygen atoms in total. The number of ketones is 1. The molecule has 1 aliphatic heterocycles. The molecule has 4 rings (SSSR count). The average Bonchev–Trinajstić information content (AvgIpc) is 3.24. The van der Waals surface area contributed by atoms with Crippen LogP contribution in [0.1, 0.15) is 84.9 Å². The lowest BCUT2D eigenvalue weighted by Gasteiger charge is -2.30. The molecule has 0 radical (unpaired) electrons. The zero-order chi connectivity index (χ0) is 21.1. The minimum absolute atomic E-state index is 0.0895. The minimum Gasteiger partial charge on any atom is -0.381 e. The topological polar surface area (TPSA) is 78.8 Å². The average molecular weight is 404 g/mol. The fourth-order valence-electron chi connectivity index (χ4n) is 4.43. The third kappa shape index (κ3) is 4.55. The highest BCUT2D eigenvalue weighted by Crippen LogP contribution is 2.40. The van der Waals surface area contributed by atoms with E-state index < -0.39 is 0 Å². The Bertz CT molecular complexity index is 1000. The predicted octanol–water partition coefficient (Wildman–Crippen LogP) is 5.19. The molecule has 0 spiro atoms. The second kappa shape index (κ2) is 8.57. The molecule has 2 aromatic rings. The number of allylic oxidation sites excluding steroid dienone is 2. The molecule has 0 amide bonds. The van der Waals surface area contributed by atoms with Crippen LogP contribution in [0.25, 0.3) is 5.57 Å². The molecule has 0 unspecified atom stereocenters. The van der Waals surface area contributed by atoms with Crippen molar-refractivity contribution in [1.82, 2.24) is 9.97 Å². The summed E-state index contributed by atoms with van der Waals surface area (Å²) >= 11 is 0. The lowest BCUT2D eigenvalue weighted by molar-refractivity contribution is 0.0853. The van der Waals surface area contributed by atoms with E-state index in [0.29, 0.717) is 17.0 Å². The molecule has 5 heteroatoms. The van der Waals surface area contributed by atoms with Gasteiger partial charge in [0.05, 0.1) is 6.20 Å². The molecule has 1 aromatic carbocycles. The van der Waals surface area contributed by atoms with Gasteiger partial charge in [-0.1, -0.05) is 38.1 Å². The highest BCUT2D eigenvalue weighted by atomic mass is 16.5. The first-order valence-electron chi connectivity index (χ1n) is 10.8. The van der Waals surface area contributed by atoms with E-state index in [1.165, 1.54) is 22.9 Å². The van der Waals surface area contributed by atoms with Crippen molar-refractivity contribution in [3.05, 3.63) is 58.7 Å². The van der Waals surface area contributed by atoms with Crippen LogP contribution in [0.15, 0.2) is 30.5 Å². The largest absolute Gasteiger partial charge is 0.381 e. The highest BCUT2D eigenvalue weighted by Gasteiger charge is 2.25. The van der Waals surface area contributed by atoms with Gasteiger partial charge >= 0.3 is 0 Å². The number of rotatable bonds is 5. The summed E-state index contributed by atoms with van der Waals surface area (Å²) in [5, 5.41) is 8.98. The van der Waals surface area contributed by atoms with Crippen LogP contribution in [0.3, 0.4) is 0 Å². The molecule has 0 bridgehead atoms. The van der Waals surface area contributed by atoms with Gasteiger partial charge in [-0.3, -0.25) is 4.79 Å². The van der Waals surface area contributed by atoms with Crippen LogP contribution in [-0.2, 0) is 11.2 Å². The van der Waals surface area contributed by atoms with Crippen LogP contribution in [0.5, 0.6) is 0 Å². The number of carbonyl (C=O) groups is 1. The Morgan fingerprint density at radius 2 is 2.13 bits per heavy atom. The van der Waals surface area contributed by atoms with E-state index in [0.717, 1.165) is 50.9 Å². The summed E-state index contributed by atoms with van der Waals surface area (Å²) in [7, 11) is 0. The number of hydrogen-bond donors (Lipinski definition) is 1. The number of hydrogen-bond acceptors (Lipinski definition) is 4. The van der Waals surface area contributed by atoms with E-state index in [-0.39, 0.29) is 18.0 Å². The number of H-pyrrole nitrogens is 1. The molecule has 30 heavy (non-hydrogen) atoms. The molecule has 1 aromatic heterocycles. The van der Waals surface area contributed by atoms with Crippen LogP contribution in [-0.4, -0.2) is 29.0 Å². The van der Waals surface area contributed by atoms with Gasteiger partial charge in [0.1, 0.15) is 11.8 Å². The summed E-state index contributed by atoms with van der Waals surface area (Å²) in [5.74, 6) is 0.684. The number of ether oxygens (including phenoxy) is 1. The maximum Gasteiger partial charge on any atom is 0.202 e. The molecule has 156 valence electrons. The fourth-order valence-corrected chi connectivity index (χ4v) is 4.43. The van der Waals surface area contributed by atoms with Gasteiger partial charge in [-0.2, -0.15) is 5.26 Å². The first kappa shape index (κ1) is 20.6. The van der Waals surface area contributed by atoms with E-state index in [1.54, 1.807) is 0 Å². The molecule has 1 aliphatic carbocycles. The molecule has 1 saturated heterocycles. The summed E-state index contributed by atoms with van der Waals surface area (Å²) in [6.45, 7) is 6.26. The van der Waals surface area contributed by atoms with Crippen LogP contribution in [0.2, 0.25) is 0 Å². The molecule has 0 saturated carbocycles. The third-order valence-corrected chi connectivity index (χ3v) is 6.46. The van der Waals surface area contributed by atoms with Crippen molar-refractivity contribution >= 4 is 11.4 Å². The Hall–Kier alpha value is -2.71. The first-order valence-corrected chi connectivity index (χ1v) is 10.8. The molecule has 2 heterocycles. The Balaban J connectivity index is 1.65. The van der Waals surface area contributed by atoms with Gasteiger partial charge in [-0.25, -0.2) is 4.98 Å². The maximum atomic E-state index is 12.8. The number of aromatic nitrogens is 2. The summed E-state index contributed by atoms with van der Waals surface area (Å²) in [6, 6.07) is 8.60. The van der Waals surface area contributed by atoms with Gasteiger partial charge in [0.25, 0.3) is 0 Å². The van der Waals surface area contributed by atoms with Gasteiger partial charge in [0.2, 0.25) is 5.78 Å². The zero-order valence-electron chi connectivity index (χ0n) is 17.8. The van der Waals surface area contributed by atoms with E-state index in [4.69, 9.17) is 10.00 Å². The summed E-state index contributed by atoms with van der Waals surface area (Å²) in [4.78, 5) is 19.7. The number of Topliss-reactive ketones (excluding diaryl/α,β-unsaturated/α-hetero) is 1. The number of nitrogens with zero attached hydrogens (tertiary/aromatic N) is 2. The molecule has 1 fully saturated rings. The van der Waals surface area contributed by atoms with E-state index in [1.807, 2.05) is 6.07 Å². The standard InChI is InChI=1S/C25H29N3O2/c1-25(2)9-5-18(6-10-25)22-13-19(17-7-11-30-12-8-17)3-4-20(22)14-23(29)24-27-16-21(15-26)28-24/h3-5,13,16-17H,6-12,14H2,1-2H3,(H,27,28). The number of carbonyl (C=O) groups excluding carboxylic acids is 1. The number of benzene rings is 1. The summed E-state index contributed by atoms with van der Waals surface area (Å²) in [5.41, 5.74) is 5.58. The highest BCUT2D eigenvalue weighted by molar-refractivity contribution is 5.95. The molecule has 2 aliphatic rings. The van der Waals surface area contributed by atoms with Crippen LogP contribution in [0.4, 0.5) is 0 Å². The van der Waals surface area contributed by atoms with E-state index in [9.17, 15) is 4.79 Å². The number of nitrogens with one attached hydrogen (secondary N) is 1. The molecular formula is C25H29N3O2. The van der Waals surface area contributed by atoms with Crippen molar-refractivity contribution in [3.63, 3.8) is 0 Å². The van der Waals surface area contributed by atoms with Crippen molar-refractivity contribution in [2.75, 3.05) is 13.2 Å². The van der Waals surface area contributed by atoms with Crippen LogP contribution in [0, 0.1) is 16.7 Å². The normalized spacial score (nSPS) is 19.2. The number of imidazole rings is 1. The van der Waals surface area contributed by atoms with Gasteiger partial charge in [-0.15, -0.1) is 0 Å². The van der Waals surface area contributed by atoms with Crippen molar-refractivity contribution < 1.29 is 9.53 Å².